The Morgan fingerprint density at radius 3 is 2.68 bits per heavy atom. The van der Waals surface area contributed by atoms with Gasteiger partial charge < -0.3 is 10.1 Å². The van der Waals surface area contributed by atoms with Gasteiger partial charge in [0.1, 0.15) is 18.2 Å². The second-order valence-electron chi connectivity index (χ2n) is 6.22. The van der Waals surface area contributed by atoms with Crippen LogP contribution in [0.2, 0.25) is 0 Å². The number of hydrogen-bond acceptors (Lipinski definition) is 3. The Kier molecular flexibility index (Phi) is 3.98. The first-order chi connectivity index (χ1) is 12.2. The standard InChI is InChI=1S/C20H19N3O2/c1-23-20-18(12-21-23)17(11-19(24)22-20)15-7-9-16(10-8-15)25-13-14-5-3-2-4-6-14/h2-10,12,17H,11,13H2,1H3,(H,22,24). The maximum absolute atomic E-state index is 12.0. The van der Waals surface area contributed by atoms with E-state index in [0.29, 0.717) is 13.0 Å². The van der Waals surface area contributed by atoms with Crippen molar-refractivity contribution in [2.24, 2.45) is 7.05 Å². The topological polar surface area (TPSA) is 56.2 Å². The van der Waals surface area contributed by atoms with Crippen LogP contribution in [0.15, 0.2) is 60.8 Å². The summed E-state index contributed by atoms with van der Waals surface area (Å²) >= 11 is 0. The molecule has 3 aromatic rings. The summed E-state index contributed by atoms with van der Waals surface area (Å²) in [6, 6.07) is 18.0. The third-order valence-electron chi connectivity index (χ3n) is 4.52. The van der Waals surface area contributed by atoms with Crippen molar-refractivity contribution in [3.05, 3.63) is 77.5 Å². The summed E-state index contributed by atoms with van der Waals surface area (Å²) in [6.07, 6.45) is 2.27. The molecule has 5 nitrogen and oxygen atoms in total. The number of nitrogens with one attached hydrogen (secondary N) is 1. The van der Waals surface area contributed by atoms with Gasteiger partial charge in [0.05, 0.1) is 6.20 Å². The van der Waals surface area contributed by atoms with Crippen LogP contribution < -0.4 is 10.1 Å². The Labute approximate surface area is 146 Å². The average Bonchev–Trinajstić information content (AvgIpc) is 3.02. The van der Waals surface area contributed by atoms with Gasteiger partial charge in [-0.25, -0.2) is 0 Å². The van der Waals surface area contributed by atoms with Gasteiger partial charge in [-0.1, -0.05) is 42.5 Å². The summed E-state index contributed by atoms with van der Waals surface area (Å²) in [4.78, 5) is 12.0. The van der Waals surface area contributed by atoms with Gasteiger partial charge in [-0.05, 0) is 23.3 Å². The van der Waals surface area contributed by atoms with E-state index in [1.807, 2.05) is 67.8 Å². The van der Waals surface area contributed by atoms with Crippen LogP contribution in [0.4, 0.5) is 5.82 Å². The third-order valence-corrected chi connectivity index (χ3v) is 4.52. The number of hydrogen-bond donors (Lipinski definition) is 1. The molecule has 25 heavy (non-hydrogen) atoms. The molecule has 0 fully saturated rings. The smallest absolute Gasteiger partial charge is 0.226 e. The quantitative estimate of drug-likeness (QED) is 0.795. The maximum atomic E-state index is 12.0. The molecule has 2 heterocycles. The number of carbonyl (C=O) groups is 1. The highest BCUT2D eigenvalue weighted by atomic mass is 16.5. The van der Waals surface area contributed by atoms with Crippen LogP contribution in [0.3, 0.4) is 0 Å². The van der Waals surface area contributed by atoms with Crippen LogP contribution in [-0.4, -0.2) is 15.7 Å². The molecule has 0 saturated carbocycles. The lowest BCUT2D eigenvalue weighted by Gasteiger charge is -2.23. The van der Waals surface area contributed by atoms with Crippen molar-refractivity contribution in [1.82, 2.24) is 9.78 Å². The van der Waals surface area contributed by atoms with E-state index in [9.17, 15) is 4.79 Å². The van der Waals surface area contributed by atoms with Gasteiger partial charge in [-0.15, -0.1) is 0 Å². The van der Waals surface area contributed by atoms with Gasteiger partial charge >= 0.3 is 0 Å². The lowest BCUT2D eigenvalue weighted by atomic mass is 9.87. The van der Waals surface area contributed by atoms with Crippen molar-refractivity contribution in [2.75, 3.05) is 5.32 Å². The number of fused-ring (bicyclic) bond motifs is 1. The first kappa shape index (κ1) is 15.4. The van der Waals surface area contributed by atoms with E-state index < -0.39 is 0 Å². The summed E-state index contributed by atoms with van der Waals surface area (Å²) in [6.45, 7) is 0.540. The molecule has 0 spiro atoms. The van der Waals surface area contributed by atoms with Crippen molar-refractivity contribution >= 4 is 11.7 Å². The van der Waals surface area contributed by atoms with E-state index in [-0.39, 0.29) is 11.8 Å². The van der Waals surface area contributed by atoms with E-state index in [1.54, 1.807) is 4.68 Å². The van der Waals surface area contributed by atoms with E-state index >= 15 is 0 Å². The van der Waals surface area contributed by atoms with E-state index in [2.05, 4.69) is 10.4 Å². The molecule has 0 bridgehead atoms. The van der Waals surface area contributed by atoms with E-state index in [0.717, 1.165) is 28.3 Å². The van der Waals surface area contributed by atoms with Crippen molar-refractivity contribution in [3.63, 3.8) is 0 Å². The first-order valence-electron chi connectivity index (χ1n) is 8.29. The predicted octanol–water partition coefficient (Wildman–Crippen LogP) is 3.47. The van der Waals surface area contributed by atoms with Crippen LogP contribution in [0.5, 0.6) is 5.75 Å². The SMILES string of the molecule is Cn1ncc2c1NC(=O)CC2c1ccc(OCc2ccccc2)cc1. The molecule has 0 radical (unpaired) electrons. The predicted molar refractivity (Wildman–Crippen MR) is 95.5 cm³/mol. The molecular weight excluding hydrogens is 314 g/mol. The lowest BCUT2D eigenvalue weighted by Crippen LogP contribution is -2.24. The molecular formula is C20H19N3O2. The van der Waals surface area contributed by atoms with Crippen LogP contribution in [0.1, 0.15) is 29.0 Å². The Morgan fingerprint density at radius 2 is 1.92 bits per heavy atom. The summed E-state index contributed by atoms with van der Waals surface area (Å²) in [5.74, 6) is 1.65. The monoisotopic (exact) mass is 333 g/mol. The van der Waals surface area contributed by atoms with Crippen LogP contribution in [-0.2, 0) is 18.4 Å². The van der Waals surface area contributed by atoms with Gasteiger partial charge in [0.25, 0.3) is 0 Å². The zero-order chi connectivity index (χ0) is 17.2. The molecule has 1 unspecified atom stereocenters. The van der Waals surface area contributed by atoms with Gasteiger partial charge in [-0.2, -0.15) is 5.10 Å². The number of anilines is 1. The van der Waals surface area contributed by atoms with Gasteiger partial charge in [0.15, 0.2) is 0 Å². The number of nitrogens with zero attached hydrogens (tertiary/aromatic N) is 2. The zero-order valence-corrected chi connectivity index (χ0v) is 14.0. The normalized spacial score (nSPS) is 16.2. The Balaban J connectivity index is 1.51. The molecule has 2 aromatic carbocycles. The minimum Gasteiger partial charge on any atom is -0.489 e. The average molecular weight is 333 g/mol. The highest BCUT2D eigenvalue weighted by Gasteiger charge is 2.29. The second-order valence-corrected chi connectivity index (χ2v) is 6.22. The fourth-order valence-electron chi connectivity index (χ4n) is 3.18. The number of carbonyl (C=O) groups excluding carboxylic acids is 1. The maximum Gasteiger partial charge on any atom is 0.226 e. The largest absolute Gasteiger partial charge is 0.489 e. The van der Waals surface area contributed by atoms with E-state index in [1.165, 1.54) is 0 Å². The summed E-state index contributed by atoms with van der Waals surface area (Å²) in [7, 11) is 1.84. The Morgan fingerprint density at radius 1 is 1.16 bits per heavy atom. The van der Waals surface area contributed by atoms with Gasteiger partial charge in [0.2, 0.25) is 5.91 Å². The lowest BCUT2D eigenvalue weighted by molar-refractivity contribution is -0.116. The molecule has 1 atom stereocenters. The molecule has 0 aliphatic carbocycles. The highest BCUT2D eigenvalue weighted by molar-refractivity contribution is 5.94. The number of aromatic nitrogens is 2. The molecule has 1 aliphatic rings. The van der Waals surface area contributed by atoms with Crippen molar-refractivity contribution in [1.29, 1.82) is 0 Å². The zero-order valence-electron chi connectivity index (χ0n) is 14.0. The number of amides is 1. The summed E-state index contributed by atoms with van der Waals surface area (Å²) in [5.41, 5.74) is 3.28. The molecule has 1 aliphatic heterocycles. The minimum atomic E-state index is 0.0190. The molecule has 0 saturated heterocycles. The number of benzene rings is 2. The van der Waals surface area contributed by atoms with Crippen molar-refractivity contribution < 1.29 is 9.53 Å². The Bertz CT molecular complexity index is 885. The summed E-state index contributed by atoms with van der Waals surface area (Å²) in [5, 5.41) is 7.16. The number of aryl methyl sites for hydroxylation is 1. The first-order valence-corrected chi connectivity index (χ1v) is 8.29. The molecule has 1 amide bonds. The van der Waals surface area contributed by atoms with Crippen LogP contribution in [0.25, 0.3) is 0 Å². The van der Waals surface area contributed by atoms with Crippen LogP contribution >= 0.6 is 0 Å². The van der Waals surface area contributed by atoms with Crippen molar-refractivity contribution in [3.8, 4) is 5.75 Å². The minimum absolute atomic E-state index is 0.0190. The summed E-state index contributed by atoms with van der Waals surface area (Å²) < 4.78 is 7.54. The fourth-order valence-corrected chi connectivity index (χ4v) is 3.18. The van der Waals surface area contributed by atoms with Crippen molar-refractivity contribution in [2.45, 2.75) is 18.9 Å². The highest BCUT2D eigenvalue weighted by Crippen LogP contribution is 2.37. The van der Waals surface area contributed by atoms with Gasteiger partial charge in [0, 0.05) is 24.9 Å². The number of rotatable bonds is 4. The molecule has 1 N–H and O–H groups in total. The molecule has 126 valence electrons. The fraction of sp³-hybridized carbons (Fsp3) is 0.200. The third kappa shape index (κ3) is 3.13. The number of ether oxygens (including phenoxy) is 1. The second kappa shape index (κ2) is 6.43. The molecule has 4 rings (SSSR count). The Hall–Kier alpha value is -3.08. The van der Waals surface area contributed by atoms with E-state index in [4.69, 9.17) is 4.74 Å². The van der Waals surface area contributed by atoms with Crippen LogP contribution in [0, 0.1) is 0 Å². The van der Waals surface area contributed by atoms with Gasteiger partial charge in [-0.3, -0.25) is 9.48 Å². The molecule has 5 heteroatoms. The molecule has 1 aromatic heterocycles.